The summed E-state index contributed by atoms with van der Waals surface area (Å²) in [5.41, 5.74) is 1.29. The summed E-state index contributed by atoms with van der Waals surface area (Å²) >= 11 is 0. The highest BCUT2D eigenvalue weighted by Crippen LogP contribution is 2.40. The fraction of sp³-hybridized carbons (Fsp3) is 0.167. The van der Waals surface area contributed by atoms with Gasteiger partial charge in [0.25, 0.3) is 0 Å². The first kappa shape index (κ1) is 21.6. The van der Waals surface area contributed by atoms with Gasteiger partial charge in [-0.3, -0.25) is 9.59 Å². The maximum Gasteiger partial charge on any atom is 0.244 e. The topological polar surface area (TPSA) is 92.8 Å². The van der Waals surface area contributed by atoms with Gasteiger partial charge in [-0.05, 0) is 42.0 Å². The van der Waals surface area contributed by atoms with E-state index < -0.39 is 26.9 Å². The Balaban J connectivity index is 1.65. The lowest BCUT2D eigenvalue weighted by molar-refractivity contribution is -0.121. The van der Waals surface area contributed by atoms with Crippen molar-refractivity contribution in [2.24, 2.45) is 0 Å². The number of carbonyl (C=O) groups is 2. The van der Waals surface area contributed by atoms with Crippen molar-refractivity contribution in [1.82, 2.24) is 0 Å². The van der Waals surface area contributed by atoms with Crippen LogP contribution in [-0.2, 0) is 19.4 Å². The van der Waals surface area contributed by atoms with Gasteiger partial charge in [-0.25, -0.2) is 8.42 Å². The lowest BCUT2D eigenvalue weighted by atomic mass is 10.1. The average molecular weight is 451 g/mol. The Morgan fingerprint density at radius 3 is 2.34 bits per heavy atom. The van der Waals surface area contributed by atoms with E-state index >= 15 is 0 Å². The van der Waals surface area contributed by atoms with Crippen LogP contribution in [0, 0.1) is 0 Å². The monoisotopic (exact) mass is 450 g/mol. The number of nitrogens with one attached hydrogen (secondary N) is 1. The van der Waals surface area contributed by atoms with E-state index in [1.807, 2.05) is 0 Å². The number of ether oxygens (including phenoxy) is 1. The third kappa shape index (κ3) is 4.22. The van der Waals surface area contributed by atoms with Crippen LogP contribution in [0.25, 0.3) is 0 Å². The summed E-state index contributed by atoms with van der Waals surface area (Å²) in [6.45, 7) is -0.307. The molecular formula is C24H22N2O5S. The molecule has 0 fully saturated rings. The highest BCUT2D eigenvalue weighted by Gasteiger charge is 2.39. The lowest BCUT2D eigenvalue weighted by Gasteiger charge is -2.21. The van der Waals surface area contributed by atoms with Crippen molar-refractivity contribution in [3.63, 3.8) is 0 Å². The number of methoxy groups -OCH3 is 1. The van der Waals surface area contributed by atoms with Crippen LogP contribution in [-0.4, -0.2) is 33.9 Å². The van der Waals surface area contributed by atoms with Crippen molar-refractivity contribution in [3.8, 4) is 5.75 Å². The van der Waals surface area contributed by atoms with E-state index in [0.717, 1.165) is 0 Å². The number of hydrogen-bond acceptors (Lipinski definition) is 5. The molecule has 1 unspecified atom stereocenters. The zero-order valence-corrected chi connectivity index (χ0v) is 18.2. The fourth-order valence-electron chi connectivity index (χ4n) is 3.74. The second kappa shape index (κ2) is 8.84. The summed E-state index contributed by atoms with van der Waals surface area (Å²) in [5.74, 6) is -0.220. The van der Waals surface area contributed by atoms with E-state index in [1.165, 1.54) is 11.0 Å². The van der Waals surface area contributed by atoms with Crippen molar-refractivity contribution in [3.05, 3.63) is 84.4 Å². The molecule has 0 radical (unpaired) electrons. The molecule has 8 heteroatoms. The maximum absolute atomic E-state index is 13.5. The van der Waals surface area contributed by atoms with Gasteiger partial charge in [-0.1, -0.05) is 42.5 Å². The molecule has 0 aliphatic carbocycles. The van der Waals surface area contributed by atoms with Gasteiger partial charge < -0.3 is 15.0 Å². The van der Waals surface area contributed by atoms with Crippen molar-refractivity contribution in [1.29, 1.82) is 0 Å². The Kier molecular flexibility index (Phi) is 5.96. The number of amides is 2. The zero-order chi connectivity index (χ0) is 22.7. The minimum Gasteiger partial charge on any atom is -0.497 e. The van der Waals surface area contributed by atoms with Gasteiger partial charge in [-0.15, -0.1) is 0 Å². The minimum absolute atomic E-state index is 0.0388. The second-order valence-electron chi connectivity index (χ2n) is 7.37. The molecule has 1 aliphatic heterocycles. The molecule has 0 aromatic heterocycles. The predicted molar refractivity (Wildman–Crippen MR) is 121 cm³/mol. The van der Waals surface area contributed by atoms with Crippen LogP contribution < -0.4 is 15.0 Å². The van der Waals surface area contributed by atoms with Crippen LogP contribution in [0.2, 0.25) is 0 Å². The van der Waals surface area contributed by atoms with Crippen molar-refractivity contribution < 1.29 is 22.7 Å². The summed E-state index contributed by atoms with van der Waals surface area (Å²) in [4.78, 5) is 27.2. The summed E-state index contributed by atoms with van der Waals surface area (Å²) in [6.07, 6.45) is -0.253. The van der Waals surface area contributed by atoms with Crippen LogP contribution in [0.5, 0.6) is 5.75 Å². The highest BCUT2D eigenvalue weighted by molar-refractivity contribution is 7.92. The first-order chi connectivity index (χ1) is 15.4. The fourth-order valence-corrected chi connectivity index (χ4v) is 5.67. The van der Waals surface area contributed by atoms with Crippen LogP contribution in [0.3, 0.4) is 0 Å². The SMILES string of the molecule is COc1ccc(NC(=O)CN2C(=O)CC(c3ccccc3)S(=O)(=O)c3ccccc32)cc1. The molecule has 1 aliphatic rings. The third-order valence-electron chi connectivity index (χ3n) is 5.35. The molecule has 1 N–H and O–H groups in total. The molecule has 1 heterocycles. The number of para-hydroxylation sites is 1. The van der Waals surface area contributed by atoms with Gasteiger partial charge >= 0.3 is 0 Å². The van der Waals surface area contributed by atoms with Gasteiger partial charge in [0.1, 0.15) is 12.3 Å². The Bertz CT molecular complexity index is 1240. The number of anilines is 2. The molecule has 2 amide bonds. The summed E-state index contributed by atoms with van der Waals surface area (Å²) in [5, 5.41) is 1.72. The Morgan fingerprint density at radius 1 is 1.00 bits per heavy atom. The molecule has 32 heavy (non-hydrogen) atoms. The number of benzene rings is 3. The summed E-state index contributed by atoms with van der Waals surface area (Å²) in [6, 6.07) is 21.8. The van der Waals surface area contributed by atoms with Gasteiger partial charge in [0, 0.05) is 12.1 Å². The average Bonchev–Trinajstić information content (AvgIpc) is 2.89. The third-order valence-corrected chi connectivity index (χ3v) is 7.49. The van der Waals surface area contributed by atoms with Crippen LogP contribution in [0.15, 0.2) is 83.8 Å². The Labute approximate surface area is 186 Å². The van der Waals surface area contributed by atoms with Gasteiger partial charge in [0.15, 0.2) is 9.84 Å². The lowest BCUT2D eigenvalue weighted by Crippen LogP contribution is -2.38. The molecule has 1 atom stereocenters. The molecule has 0 saturated heterocycles. The van der Waals surface area contributed by atoms with E-state index in [0.29, 0.717) is 17.0 Å². The number of nitrogens with zero attached hydrogens (tertiary/aromatic N) is 1. The first-order valence-electron chi connectivity index (χ1n) is 10.0. The smallest absolute Gasteiger partial charge is 0.244 e. The van der Waals surface area contributed by atoms with E-state index in [4.69, 9.17) is 4.74 Å². The Hall–Kier alpha value is -3.65. The molecule has 0 bridgehead atoms. The minimum atomic E-state index is -3.85. The van der Waals surface area contributed by atoms with Gasteiger partial charge in [0.05, 0.1) is 22.9 Å². The zero-order valence-electron chi connectivity index (χ0n) is 17.4. The quantitative estimate of drug-likeness (QED) is 0.641. The summed E-state index contributed by atoms with van der Waals surface area (Å²) in [7, 11) is -2.30. The van der Waals surface area contributed by atoms with Crippen LogP contribution in [0.1, 0.15) is 17.2 Å². The molecular weight excluding hydrogens is 428 g/mol. The normalized spacial score (nSPS) is 17.2. The number of rotatable bonds is 5. The first-order valence-corrected chi connectivity index (χ1v) is 11.6. The highest BCUT2D eigenvalue weighted by atomic mass is 32.2. The number of fused-ring (bicyclic) bond motifs is 1. The molecule has 3 aromatic rings. The number of carbonyl (C=O) groups excluding carboxylic acids is 2. The number of hydrogen-bond donors (Lipinski definition) is 1. The van der Waals surface area contributed by atoms with Crippen LogP contribution in [0.4, 0.5) is 11.4 Å². The van der Waals surface area contributed by atoms with Crippen molar-refractivity contribution in [2.45, 2.75) is 16.6 Å². The van der Waals surface area contributed by atoms with Crippen molar-refractivity contribution in [2.75, 3.05) is 23.9 Å². The number of sulfone groups is 1. The molecule has 0 saturated carbocycles. The Morgan fingerprint density at radius 2 is 1.66 bits per heavy atom. The van der Waals surface area contributed by atoms with Gasteiger partial charge in [0.2, 0.25) is 11.8 Å². The molecule has 7 nitrogen and oxygen atoms in total. The largest absolute Gasteiger partial charge is 0.497 e. The van der Waals surface area contributed by atoms with E-state index in [-0.39, 0.29) is 23.5 Å². The van der Waals surface area contributed by atoms with Gasteiger partial charge in [-0.2, -0.15) is 0 Å². The standard InChI is InChI=1S/C24H22N2O5S/c1-31-19-13-11-18(12-14-19)25-23(27)16-26-20-9-5-6-10-21(20)32(29,30)22(15-24(26)28)17-7-3-2-4-8-17/h2-14,22H,15-16H2,1H3,(H,25,27). The molecule has 164 valence electrons. The molecule has 3 aromatic carbocycles. The van der Waals surface area contributed by atoms with Crippen LogP contribution >= 0.6 is 0 Å². The maximum atomic E-state index is 13.5. The van der Waals surface area contributed by atoms with Crippen molar-refractivity contribution >= 4 is 33.0 Å². The molecule has 0 spiro atoms. The van der Waals surface area contributed by atoms with E-state index in [9.17, 15) is 18.0 Å². The summed E-state index contributed by atoms with van der Waals surface area (Å²) < 4.78 is 32.0. The second-order valence-corrected chi connectivity index (χ2v) is 9.47. The molecule has 4 rings (SSSR count). The van der Waals surface area contributed by atoms with E-state index in [2.05, 4.69) is 5.32 Å². The predicted octanol–water partition coefficient (Wildman–Crippen LogP) is 3.59. The van der Waals surface area contributed by atoms with E-state index in [1.54, 1.807) is 79.9 Å².